The van der Waals surface area contributed by atoms with Crippen LogP contribution in [-0.4, -0.2) is 23.1 Å². The first kappa shape index (κ1) is 15.2. The van der Waals surface area contributed by atoms with Crippen molar-refractivity contribution in [2.24, 2.45) is 5.10 Å². The number of nitrogens with one attached hydrogen (secondary N) is 2. The zero-order chi connectivity index (χ0) is 15.1. The number of aromatic nitrogens is 1. The maximum atomic E-state index is 11.9. The molecular formula is C15H15BrN4O. The molecule has 0 spiro atoms. The summed E-state index contributed by atoms with van der Waals surface area (Å²) in [5.41, 5.74) is 4.25. The van der Waals surface area contributed by atoms with Crippen LogP contribution in [0.3, 0.4) is 0 Å². The van der Waals surface area contributed by atoms with E-state index in [0.717, 1.165) is 15.7 Å². The van der Waals surface area contributed by atoms with Crippen molar-refractivity contribution >= 4 is 33.7 Å². The molecule has 0 fully saturated rings. The maximum Gasteiger partial charge on any atom is 0.262 e. The lowest BCUT2D eigenvalue weighted by atomic mass is 10.2. The molecule has 1 heterocycles. The van der Waals surface area contributed by atoms with Crippen molar-refractivity contribution in [3.8, 4) is 0 Å². The molecule has 1 unspecified atom stereocenters. The third kappa shape index (κ3) is 5.00. The Kier molecular flexibility index (Phi) is 5.45. The lowest BCUT2D eigenvalue weighted by Crippen LogP contribution is -2.34. The molecule has 5 nitrogen and oxygen atoms in total. The van der Waals surface area contributed by atoms with Gasteiger partial charge in [0.25, 0.3) is 5.91 Å². The number of nitrogens with zero attached hydrogens (tertiary/aromatic N) is 2. The largest absolute Gasteiger partial charge is 0.374 e. The van der Waals surface area contributed by atoms with E-state index in [1.807, 2.05) is 24.3 Å². The summed E-state index contributed by atoms with van der Waals surface area (Å²) >= 11 is 3.37. The van der Waals surface area contributed by atoms with Gasteiger partial charge in [0.05, 0.1) is 6.21 Å². The number of hydrazone groups is 1. The van der Waals surface area contributed by atoms with Gasteiger partial charge in [-0.25, -0.2) is 5.43 Å². The van der Waals surface area contributed by atoms with Crippen LogP contribution in [0, 0.1) is 0 Å². The highest BCUT2D eigenvalue weighted by atomic mass is 79.9. The van der Waals surface area contributed by atoms with Crippen molar-refractivity contribution < 1.29 is 4.79 Å². The number of pyridine rings is 1. The molecule has 108 valence electrons. The van der Waals surface area contributed by atoms with Crippen molar-refractivity contribution in [1.29, 1.82) is 0 Å². The summed E-state index contributed by atoms with van der Waals surface area (Å²) in [4.78, 5) is 15.8. The second-order valence-corrected chi connectivity index (χ2v) is 5.30. The second-order valence-electron chi connectivity index (χ2n) is 4.39. The van der Waals surface area contributed by atoms with Crippen molar-refractivity contribution in [3.05, 3.63) is 58.8 Å². The van der Waals surface area contributed by atoms with Crippen LogP contribution < -0.4 is 10.7 Å². The number of rotatable bonds is 5. The lowest BCUT2D eigenvalue weighted by Gasteiger charge is -2.13. The molecule has 1 atom stereocenters. The maximum absolute atomic E-state index is 11.9. The standard InChI is InChI=1S/C15H15BrN4O/c1-11(19-14-4-2-13(16)3-5-14)15(21)20-18-10-12-6-8-17-9-7-12/h2-11,19H,1H3,(H,20,21)/b18-10+. The average Bonchev–Trinajstić information content (AvgIpc) is 2.50. The zero-order valence-electron chi connectivity index (χ0n) is 11.5. The number of carbonyl (C=O) groups excluding carboxylic acids is 1. The first-order chi connectivity index (χ1) is 10.1. The summed E-state index contributed by atoms with van der Waals surface area (Å²) in [7, 11) is 0. The van der Waals surface area contributed by atoms with Crippen molar-refractivity contribution in [1.82, 2.24) is 10.4 Å². The minimum absolute atomic E-state index is 0.205. The Morgan fingerprint density at radius 3 is 2.57 bits per heavy atom. The van der Waals surface area contributed by atoms with Gasteiger partial charge in [0.15, 0.2) is 0 Å². The molecule has 0 aliphatic rings. The monoisotopic (exact) mass is 346 g/mol. The fraction of sp³-hybridized carbons (Fsp3) is 0.133. The van der Waals surface area contributed by atoms with Crippen LogP contribution in [0.15, 0.2) is 58.4 Å². The normalized spacial score (nSPS) is 12.1. The third-order valence-corrected chi connectivity index (χ3v) is 3.24. The van der Waals surface area contributed by atoms with Crippen LogP contribution in [-0.2, 0) is 4.79 Å². The van der Waals surface area contributed by atoms with Crippen LogP contribution >= 0.6 is 15.9 Å². The summed E-state index contributed by atoms with van der Waals surface area (Å²) < 4.78 is 0.993. The van der Waals surface area contributed by atoms with E-state index in [9.17, 15) is 4.79 Å². The summed E-state index contributed by atoms with van der Waals surface area (Å²) in [6, 6.07) is 10.8. The first-order valence-electron chi connectivity index (χ1n) is 6.40. The van der Waals surface area contributed by atoms with Crippen molar-refractivity contribution in [3.63, 3.8) is 0 Å². The molecule has 0 aliphatic heterocycles. The van der Waals surface area contributed by atoms with E-state index in [-0.39, 0.29) is 11.9 Å². The number of anilines is 1. The third-order valence-electron chi connectivity index (χ3n) is 2.72. The molecule has 2 N–H and O–H groups in total. The molecule has 0 bridgehead atoms. The summed E-state index contributed by atoms with van der Waals surface area (Å²) in [6.45, 7) is 1.78. The predicted molar refractivity (Wildman–Crippen MR) is 87.2 cm³/mol. The van der Waals surface area contributed by atoms with Crippen LogP contribution in [0.5, 0.6) is 0 Å². The fourth-order valence-corrected chi connectivity index (χ4v) is 1.84. The molecule has 0 saturated heterocycles. The predicted octanol–water partition coefficient (Wildman–Crippen LogP) is 2.79. The molecule has 6 heteroatoms. The molecular weight excluding hydrogens is 332 g/mol. The molecule has 1 amide bonds. The smallest absolute Gasteiger partial charge is 0.262 e. The molecule has 1 aromatic carbocycles. The Balaban J connectivity index is 1.85. The topological polar surface area (TPSA) is 66.4 Å². The Bertz CT molecular complexity index is 613. The van der Waals surface area contributed by atoms with E-state index < -0.39 is 0 Å². The number of hydrogen-bond donors (Lipinski definition) is 2. The molecule has 2 aromatic rings. The van der Waals surface area contributed by atoms with Crippen LogP contribution in [0.2, 0.25) is 0 Å². The Labute approximate surface area is 131 Å². The second kappa shape index (κ2) is 7.54. The SMILES string of the molecule is CC(Nc1ccc(Br)cc1)C(=O)N/N=C/c1ccncc1. The van der Waals surface area contributed by atoms with Crippen molar-refractivity contribution in [2.75, 3.05) is 5.32 Å². The van der Waals surface area contributed by atoms with Gasteiger partial charge in [-0.1, -0.05) is 15.9 Å². The Morgan fingerprint density at radius 1 is 1.24 bits per heavy atom. The Hall–Kier alpha value is -2.21. The van der Waals surface area contributed by atoms with Gasteiger partial charge >= 0.3 is 0 Å². The molecule has 0 saturated carbocycles. The van der Waals surface area contributed by atoms with E-state index in [0.29, 0.717) is 0 Å². The summed E-state index contributed by atoms with van der Waals surface area (Å²) in [5.74, 6) is -0.205. The minimum atomic E-state index is -0.388. The van der Waals surface area contributed by atoms with E-state index in [2.05, 4.69) is 36.8 Å². The summed E-state index contributed by atoms with van der Waals surface area (Å²) in [6.07, 6.45) is 4.91. The molecule has 1 aromatic heterocycles. The minimum Gasteiger partial charge on any atom is -0.374 e. The first-order valence-corrected chi connectivity index (χ1v) is 7.19. The lowest BCUT2D eigenvalue weighted by molar-refractivity contribution is -0.121. The number of hydrogen-bond acceptors (Lipinski definition) is 4. The quantitative estimate of drug-likeness (QED) is 0.646. The zero-order valence-corrected chi connectivity index (χ0v) is 13.0. The highest BCUT2D eigenvalue weighted by molar-refractivity contribution is 9.10. The van der Waals surface area contributed by atoms with Crippen molar-refractivity contribution in [2.45, 2.75) is 13.0 Å². The Morgan fingerprint density at radius 2 is 1.90 bits per heavy atom. The van der Waals surface area contributed by atoms with Gasteiger partial charge in [-0.2, -0.15) is 5.10 Å². The van der Waals surface area contributed by atoms with Gasteiger partial charge in [-0.05, 0) is 48.9 Å². The summed E-state index contributed by atoms with van der Waals surface area (Å²) in [5, 5.41) is 7.02. The molecule has 21 heavy (non-hydrogen) atoms. The van der Waals surface area contributed by atoms with Crippen LogP contribution in [0.1, 0.15) is 12.5 Å². The van der Waals surface area contributed by atoms with Gasteiger partial charge in [0.2, 0.25) is 0 Å². The number of benzene rings is 1. The molecule has 0 radical (unpaired) electrons. The number of carbonyl (C=O) groups is 1. The molecule has 2 rings (SSSR count). The van der Waals surface area contributed by atoms with Gasteiger partial charge in [-0.15, -0.1) is 0 Å². The van der Waals surface area contributed by atoms with Gasteiger partial charge in [-0.3, -0.25) is 9.78 Å². The van der Waals surface area contributed by atoms with E-state index in [1.54, 1.807) is 37.7 Å². The van der Waals surface area contributed by atoms with E-state index in [4.69, 9.17) is 0 Å². The van der Waals surface area contributed by atoms with Crippen LogP contribution in [0.4, 0.5) is 5.69 Å². The van der Waals surface area contributed by atoms with E-state index >= 15 is 0 Å². The average molecular weight is 347 g/mol. The van der Waals surface area contributed by atoms with Crippen LogP contribution in [0.25, 0.3) is 0 Å². The van der Waals surface area contributed by atoms with E-state index in [1.165, 1.54) is 0 Å². The molecule has 0 aliphatic carbocycles. The highest BCUT2D eigenvalue weighted by Gasteiger charge is 2.11. The number of halogens is 1. The number of amides is 1. The highest BCUT2D eigenvalue weighted by Crippen LogP contribution is 2.14. The fourth-order valence-electron chi connectivity index (χ4n) is 1.58. The van der Waals surface area contributed by atoms with Gasteiger partial charge in [0, 0.05) is 22.6 Å². The van der Waals surface area contributed by atoms with Gasteiger partial charge in [0.1, 0.15) is 6.04 Å². The van der Waals surface area contributed by atoms with Gasteiger partial charge < -0.3 is 5.32 Å².